The summed E-state index contributed by atoms with van der Waals surface area (Å²) in [6.45, 7) is 0. The highest BCUT2D eigenvalue weighted by Crippen LogP contribution is 2.36. The van der Waals surface area contributed by atoms with Crippen molar-refractivity contribution in [3.05, 3.63) is 180 Å². The second kappa shape index (κ2) is 11.6. The Hall–Kier alpha value is -6.46. The van der Waals surface area contributed by atoms with Crippen LogP contribution in [0.3, 0.4) is 0 Å². The van der Waals surface area contributed by atoms with Crippen molar-refractivity contribution in [2.75, 3.05) is 0 Å². The van der Waals surface area contributed by atoms with Gasteiger partial charge in [-0.25, -0.2) is 9.98 Å². The van der Waals surface area contributed by atoms with Crippen LogP contribution in [0, 0.1) is 0 Å². The van der Waals surface area contributed by atoms with Crippen molar-refractivity contribution in [2.24, 2.45) is 9.98 Å². The molecule has 8 aromatic rings. The van der Waals surface area contributed by atoms with Gasteiger partial charge in [-0.1, -0.05) is 121 Å². The Morgan fingerprint density at radius 3 is 1.94 bits per heavy atom. The molecule has 5 heteroatoms. The molecule has 0 saturated heterocycles. The van der Waals surface area contributed by atoms with Gasteiger partial charge in [0.25, 0.3) is 0 Å². The van der Waals surface area contributed by atoms with Gasteiger partial charge in [0.2, 0.25) is 0 Å². The maximum atomic E-state index is 6.49. The maximum Gasteiger partial charge on any atom is 0.169 e. The molecular weight excluding hydrogens is 615 g/mol. The van der Waals surface area contributed by atoms with Gasteiger partial charge in [-0.15, -0.1) is 0 Å². The molecule has 0 spiro atoms. The smallest absolute Gasteiger partial charge is 0.169 e. The molecule has 0 saturated carbocycles. The molecule has 0 fully saturated rings. The van der Waals surface area contributed by atoms with E-state index in [0.717, 1.165) is 89.8 Å². The van der Waals surface area contributed by atoms with Crippen LogP contribution >= 0.6 is 0 Å². The van der Waals surface area contributed by atoms with Crippen LogP contribution in [0.4, 0.5) is 0 Å². The van der Waals surface area contributed by atoms with E-state index in [1.165, 1.54) is 5.56 Å². The summed E-state index contributed by atoms with van der Waals surface area (Å²) in [7, 11) is 0. The number of fused-ring (bicyclic) bond motifs is 6. The molecule has 2 aliphatic rings. The first-order valence-electron chi connectivity index (χ1n) is 17.0. The van der Waals surface area contributed by atoms with Crippen LogP contribution in [0.15, 0.2) is 182 Å². The van der Waals surface area contributed by atoms with E-state index < -0.39 is 6.17 Å². The van der Waals surface area contributed by atoms with Gasteiger partial charge in [-0.2, -0.15) is 0 Å². The summed E-state index contributed by atoms with van der Waals surface area (Å²) in [6.07, 6.45) is 6.96. The molecule has 1 N–H and O–H groups in total. The molecular formula is C45H31N3O2. The lowest BCUT2D eigenvalue weighted by atomic mass is 9.87. The molecule has 3 heterocycles. The van der Waals surface area contributed by atoms with E-state index >= 15 is 0 Å². The van der Waals surface area contributed by atoms with E-state index in [1.54, 1.807) is 0 Å². The molecule has 238 valence electrons. The third-order valence-corrected chi connectivity index (χ3v) is 9.91. The third-order valence-electron chi connectivity index (χ3n) is 9.91. The molecule has 2 atom stereocenters. The van der Waals surface area contributed by atoms with Crippen molar-refractivity contribution in [1.29, 1.82) is 0 Å². The van der Waals surface area contributed by atoms with Gasteiger partial charge in [0, 0.05) is 38.6 Å². The average molecular weight is 646 g/mol. The van der Waals surface area contributed by atoms with Crippen molar-refractivity contribution in [3.63, 3.8) is 0 Å². The third kappa shape index (κ3) is 4.94. The minimum atomic E-state index is -0.458. The minimum Gasteiger partial charge on any atom is -0.456 e. The molecule has 1 aliphatic carbocycles. The number of hydrogen-bond donors (Lipinski definition) is 1. The summed E-state index contributed by atoms with van der Waals surface area (Å²) in [5.74, 6) is 1.84. The monoisotopic (exact) mass is 645 g/mol. The fourth-order valence-corrected chi connectivity index (χ4v) is 7.33. The molecule has 0 amide bonds. The Balaban J connectivity index is 1.06. The zero-order valence-corrected chi connectivity index (χ0v) is 27.1. The lowest BCUT2D eigenvalue weighted by molar-refractivity contribution is 0.665. The Kier molecular flexibility index (Phi) is 6.62. The second-order valence-corrected chi connectivity index (χ2v) is 13.0. The predicted octanol–water partition coefficient (Wildman–Crippen LogP) is 11.3. The highest BCUT2D eigenvalue weighted by atomic mass is 16.3. The van der Waals surface area contributed by atoms with Crippen LogP contribution in [-0.4, -0.2) is 11.7 Å². The van der Waals surface area contributed by atoms with E-state index in [4.69, 9.17) is 18.8 Å². The van der Waals surface area contributed by atoms with Crippen LogP contribution in [0.2, 0.25) is 0 Å². The molecule has 0 radical (unpaired) electrons. The molecule has 2 aromatic heterocycles. The highest BCUT2D eigenvalue weighted by Gasteiger charge is 2.25. The van der Waals surface area contributed by atoms with E-state index in [0.29, 0.717) is 0 Å². The molecule has 2 unspecified atom stereocenters. The lowest BCUT2D eigenvalue weighted by Crippen LogP contribution is -2.37. The predicted molar refractivity (Wildman–Crippen MR) is 204 cm³/mol. The molecule has 10 rings (SSSR count). The second-order valence-electron chi connectivity index (χ2n) is 13.0. The number of benzene rings is 6. The first-order valence-corrected chi connectivity index (χ1v) is 17.0. The van der Waals surface area contributed by atoms with Gasteiger partial charge < -0.3 is 14.2 Å². The van der Waals surface area contributed by atoms with E-state index in [1.807, 2.05) is 24.3 Å². The summed E-state index contributed by atoms with van der Waals surface area (Å²) in [4.78, 5) is 10.4. The quantitative estimate of drug-likeness (QED) is 0.203. The first kappa shape index (κ1) is 28.5. The minimum absolute atomic E-state index is 0.265. The largest absolute Gasteiger partial charge is 0.456 e. The summed E-state index contributed by atoms with van der Waals surface area (Å²) in [6, 6.07) is 48.3. The molecule has 0 bridgehead atoms. The van der Waals surface area contributed by atoms with Gasteiger partial charge >= 0.3 is 0 Å². The number of amidine groups is 2. The van der Waals surface area contributed by atoms with Crippen molar-refractivity contribution in [1.82, 2.24) is 5.32 Å². The highest BCUT2D eigenvalue weighted by molar-refractivity contribution is 6.17. The normalized spacial score (nSPS) is 17.6. The number of furan rings is 2. The fraction of sp³-hybridized carbons (Fsp3) is 0.0667. The average Bonchev–Trinajstić information content (AvgIpc) is 3.75. The number of hydrogen-bond acceptors (Lipinski definition) is 5. The van der Waals surface area contributed by atoms with Crippen molar-refractivity contribution >= 4 is 55.5 Å². The van der Waals surface area contributed by atoms with Crippen LogP contribution in [0.25, 0.3) is 55.0 Å². The van der Waals surface area contributed by atoms with Gasteiger partial charge in [-0.05, 0) is 65.1 Å². The fourth-order valence-electron chi connectivity index (χ4n) is 7.33. The Labute approximate surface area is 288 Å². The summed E-state index contributed by atoms with van der Waals surface area (Å²) >= 11 is 0. The SMILES string of the molecule is C1=CC(c2ccccc2)CC(C2=NC(c3ccc4c(c3)oc3ccccc34)N=C(c3ccc4c(c3)oc3cc(-c5ccccc5)ccc34)N2)=C1. The number of rotatable bonds is 5. The van der Waals surface area contributed by atoms with Crippen LogP contribution in [-0.2, 0) is 0 Å². The molecule has 5 nitrogen and oxygen atoms in total. The van der Waals surface area contributed by atoms with Gasteiger partial charge in [0.05, 0.1) is 0 Å². The number of nitrogens with one attached hydrogen (secondary N) is 1. The standard InChI is InChI=1S/C45H31N3O2/c1-3-10-28(11-4-1)30-14-9-15-32(24-30)43-46-44(33-19-22-36-35-16-7-8-17-39(35)49-41(36)26-33)48-45(47-43)34-20-23-38-37-21-18-31(29-12-5-2-6-13-29)25-40(37)50-42(38)27-34/h1-23,25-27,30,44H,24H2,(H,46,47,48). The Bertz CT molecular complexity index is 2710. The Morgan fingerprint density at radius 1 is 0.500 bits per heavy atom. The number of para-hydroxylation sites is 1. The van der Waals surface area contributed by atoms with E-state index in [-0.39, 0.29) is 5.92 Å². The molecule has 1 aliphatic heterocycles. The molecule has 6 aromatic carbocycles. The van der Waals surface area contributed by atoms with Crippen molar-refractivity contribution < 1.29 is 8.83 Å². The van der Waals surface area contributed by atoms with Crippen molar-refractivity contribution in [3.8, 4) is 11.1 Å². The van der Waals surface area contributed by atoms with E-state index in [2.05, 4.69) is 139 Å². The van der Waals surface area contributed by atoms with Gasteiger partial charge in [-0.3, -0.25) is 0 Å². The number of aliphatic imine (C=N–C) groups is 2. The first-order chi connectivity index (χ1) is 24.7. The topological polar surface area (TPSA) is 63.0 Å². The lowest BCUT2D eigenvalue weighted by Gasteiger charge is -2.26. The maximum absolute atomic E-state index is 6.49. The summed E-state index contributed by atoms with van der Waals surface area (Å²) in [5, 5.41) is 7.99. The van der Waals surface area contributed by atoms with Gasteiger partial charge in [0.15, 0.2) is 6.17 Å². The summed E-state index contributed by atoms with van der Waals surface area (Å²) < 4.78 is 12.8. The zero-order valence-electron chi connectivity index (χ0n) is 27.1. The zero-order chi connectivity index (χ0) is 33.0. The Morgan fingerprint density at radius 2 is 1.12 bits per heavy atom. The van der Waals surface area contributed by atoms with Crippen LogP contribution in [0.1, 0.15) is 35.2 Å². The number of nitrogens with zero attached hydrogens (tertiary/aromatic N) is 2. The van der Waals surface area contributed by atoms with Gasteiger partial charge in [0.1, 0.15) is 34.0 Å². The van der Waals surface area contributed by atoms with E-state index in [9.17, 15) is 0 Å². The van der Waals surface area contributed by atoms with Crippen LogP contribution in [0.5, 0.6) is 0 Å². The number of allylic oxidation sites excluding steroid dienone is 3. The molecule has 50 heavy (non-hydrogen) atoms. The van der Waals surface area contributed by atoms with Crippen LogP contribution < -0.4 is 5.32 Å². The summed E-state index contributed by atoms with van der Waals surface area (Å²) in [5.41, 5.74) is 10.0. The van der Waals surface area contributed by atoms with Crippen molar-refractivity contribution in [2.45, 2.75) is 18.5 Å².